The van der Waals surface area contributed by atoms with Crippen LogP contribution in [0.3, 0.4) is 0 Å². The Kier molecular flexibility index (Phi) is 12.0. The van der Waals surface area contributed by atoms with Gasteiger partial charge in [-0.3, -0.25) is 14.4 Å². The van der Waals surface area contributed by atoms with Crippen molar-refractivity contribution in [2.45, 2.75) is 62.9 Å². The number of imidazole rings is 1. The van der Waals surface area contributed by atoms with Crippen molar-refractivity contribution in [2.24, 2.45) is 11.5 Å². The first-order chi connectivity index (χ1) is 15.6. The number of carbonyl (C=O) groups is 4. The molecule has 14 nitrogen and oxygen atoms in total. The lowest BCUT2D eigenvalue weighted by Crippen LogP contribution is -2.60. The first-order valence-corrected chi connectivity index (χ1v) is 10.5. The molecule has 0 spiro atoms. The van der Waals surface area contributed by atoms with Gasteiger partial charge in [-0.1, -0.05) is 0 Å². The van der Waals surface area contributed by atoms with Crippen LogP contribution in [0.25, 0.3) is 0 Å². The first kappa shape index (κ1) is 28.0. The Morgan fingerprint density at radius 1 is 1.09 bits per heavy atom. The van der Waals surface area contributed by atoms with E-state index in [-0.39, 0.29) is 12.8 Å². The number of carboxylic acid groups (broad SMARTS) is 1. The summed E-state index contributed by atoms with van der Waals surface area (Å²) in [4.78, 5) is 55.6. The van der Waals surface area contributed by atoms with E-state index in [2.05, 4.69) is 25.9 Å². The highest BCUT2D eigenvalue weighted by Gasteiger charge is 2.32. The lowest BCUT2D eigenvalue weighted by atomic mass is 10.1. The molecule has 0 saturated carbocycles. The maximum absolute atomic E-state index is 12.8. The van der Waals surface area contributed by atoms with Crippen LogP contribution in [0, 0.1) is 0 Å². The number of nitrogens with one attached hydrogen (secondary N) is 4. The molecule has 5 unspecified atom stereocenters. The van der Waals surface area contributed by atoms with Gasteiger partial charge in [0, 0.05) is 18.3 Å². The Morgan fingerprint density at radius 3 is 2.27 bits per heavy atom. The van der Waals surface area contributed by atoms with Gasteiger partial charge in [0.1, 0.15) is 24.2 Å². The third-order valence-electron chi connectivity index (χ3n) is 4.77. The van der Waals surface area contributed by atoms with E-state index in [1.54, 1.807) is 0 Å². The standard InChI is InChI=1S/C19H33N7O7/c1-10(28)15(18(31)25-14(19(32)33)6-11-7-22-9-23-11)26-17(30)13(4-2-3-5-20)24-16(29)12(21)8-27/h7,9-10,12-15,27-28H,2-6,8,20-21H2,1H3,(H,22,23)(H,24,29)(H,25,31)(H,26,30)(H,32,33). The Balaban J connectivity index is 2.91. The van der Waals surface area contributed by atoms with Gasteiger partial charge >= 0.3 is 5.97 Å². The molecule has 0 saturated heterocycles. The number of nitrogens with two attached hydrogens (primary N) is 2. The van der Waals surface area contributed by atoms with E-state index < -0.39 is 60.6 Å². The molecule has 1 rings (SSSR count). The highest BCUT2D eigenvalue weighted by Crippen LogP contribution is 2.05. The lowest BCUT2D eigenvalue weighted by molar-refractivity contribution is -0.143. The summed E-state index contributed by atoms with van der Waals surface area (Å²) in [6.45, 7) is 0.984. The van der Waals surface area contributed by atoms with E-state index in [1.807, 2.05) is 0 Å². The molecule has 0 radical (unpaired) electrons. The molecule has 0 aliphatic carbocycles. The quantitative estimate of drug-likeness (QED) is 0.113. The summed E-state index contributed by atoms with van der Waals surface area (Å²) in [5.74, 6) is -3.80. The van der Waals surface area contributed by atoms with Gasteiger partial charge < -0.3 is 47.7 Å². The summed E-state index contributed by atoms with van der Waals surface area (Å²) >= 11 is 0. The number of aliphatic hydroxyl groups excluding tert-OH is 2. The average molecular weight is 472 g/mol. The second-order valence-electron chi connectivity index (χ2n) is 7.54. The molecule has 186 valence electrons. The number of H-pyrrole nitrogens is 1. The zero-order valence-electron chi connectivity index (χ0n) is 18.4. The lowest BCUT2D eigenvalue weighted by Gasteiger charge is -2.26. The molecule has 1 heterocycles. The molecule has 1 aromatic heterocycles. The van der Waals surface area contributed by atoms with E-state index in [4.69, 9.17) is 16.6 Å². The number of aromatic amines is 1. The van der Waals surface area contributed by atoms with E-state index in [1.165, 1.54) is 19.4 Å². The number of aromatic nitrogens is 2. The maximum atomic E-state index is 12.8. The number of nitrogens with zero attached hydrogens (tertiary/aromatic N) is 1. The molecular weight excluding hydrogens is 438 g/mol. The van der Waals surface area contributed by atoms with Gasteiger partial charge in [-0.2, -0.15) is 0 Å². The van der Waals surface area contributed by atoms with Crippen molar-refractivity contribution in [3.8, 4) is 0 Å². The second-order valence-corrected chi connectivity index (χ2v) is 7.54. The molecule has 0 fully saturated rings. The minimum atomic E-state index is -1.50. The second kappa shape index (κ2) is 14.2. The van der Waals surface area contributed by atoms with Gasteiger partial charge in [-0.15, -0.1) is 0 Å². The van der Waals surface area contributed by atoms with Crippen LogP contribution in [0.2, 0.25) is 0 Å². The molecule has 0 aromatic carbocycles. The van der Waals surface area contributed by atoms with Crippen molar-refractivity contribution >= 4 is 23.7 Å². The minimum absolute atomic E-state index is 0.0988. The Morgan fingerprint density at radius 2 is 1.76 bits per heavy atom. The zero-order chi connectivity index (χ0) is 25.0. The molecule has 3 amide bonds. The summed E-state index contributed by atoms with van der Waals surface area (Å²) < 4.78 is 0. The number of carboxylic acids is 1. The van der Waals surface area contributed by atoms with Crippen LogP contribution >= 0.6 is 0 Å². The molecule has 0 aliphatic rings. The van der Waals surface area contributed by atoms with Gasteiger partial charge in [0.25, 0.3) is 0 Å². The fourth-order valence-electron chi connectivity index (χ4n) is 2.86. The number of amides is 3. The van der Waals surface area contributed by atoms with Gasteiger partial charge in [-0.05, 0) is 32.7 Å². The molecule has 0 bridgehead atoms. The van der Waals surface area contributed by atoms with Crippen LogP contribution in [0.5, 0.6) is 0 Å². The molecule has 11 N–H and O–H groups in total. The highest BCUT2D eigenvalue weighted by atomic mass is 16.4. The fourth-order valence-corrected chi connectivity index (χ4v) is 2.86. The summed E-state index contributed by atoms with van der Waals surface area (Å²) in [5.41, 5.74) is 11.4. The van der Waals surface area contributed by atoms with Crippen LogP contribution in [0.15, 0.2) is 12.5 Å². The third kappa shape index (κ3) is 9.53. The van der Waals surface area contributed by atoms with Crippen molar-refractivity contribution in [2.75, 3.05) is 13.2 Å². The van der Waals surface area contributed by atoms with Crippen LogP contribution in [0.4, 0.5) is 0 Å². The number of aliphatic hydroxyl groups is 2. The number of rotatable bonds is 15. The van der Waals surface area contributed by atoms with Crippen LogP contribution in [-0.2, 0) is 25.6 Å². The number of unbranched alkanes of at least 4 members (excludes halogenated alkanes) is 1. The maximum Gasteiger partial charge on any atom is 0.326 e. The molecule has 33 heavy (non-hydrogen) atoms. The third-order valence-corrected chi connectivity index (χ3v) is 4.77. The van der Waals surface area contributed by atoms with E-state index >= 15 is 0 Å². The smallest absolute Gasteiger partial charge is 0.326 e. The zero-order valence-corrected chi connectivity index (χ0v) is 18.4. The van der Waals surface area contributed by atoms with Crippen LogP contribution in [0.1, 0.15) is 31.9 Å². The van der Waals surface area contributed by atoms with Gasteiger partial charge in [0.05, 0.1) is 19.0 Å². The monoisotopic (exact) mass is 471 g/mol. The predicted octanol–water partition coefficient (Wildman–Crippen LogP) is -3.68. The largest absolute Gasteiger partial charge is 0.480 e. The minimum Gasteiger partial charge on any atom is -0.480 e. The van der Waals surface area contributed by atoms with Crippen molar-refractivity contribution in [1.29, 1.82) is 0 Å². The molecular formula is C19H33N7O7. The highest BCUT2D eigenvalue weighted by molar-refractivity contribution is 5.94. The van der Waals surface area contributed by atoms with E-state index in [0.29, 0.717) is 25.1 Å². The Hall–Kier alpha value is -3.07. The summed E-state index contributed by atoms with van der Waals surface area (Å²) in [6, 6.07) is -5.21. The topological polar surface area (TPSA) is 246 Å². The summed E-state index contributed by atoms with van der Waals surface area (Å²) in [5, 5.41) is 35.5. The van der Waals surface area contributed by atoms with Crippen molar-refractivity contribution < 1.29 is 34.5 Å². The van der Waals surface area contributed by atoms with Gasteiger partial charge in [0.15, 0.2) is 0 Å². The fraction of sp³-hybridized carbons (Fsp3) is 0.632. The average Bonchev–Trinajstić information content (AvgIpc) is 3.28. The van der Waals surface area contributed by atoms with E-state index in [9.17, 15) is 29.4 Å². The molecule has 14 heteroatoms. The Bertz CT molecular complexity index is 773. The number of hydrogen-bond donors (Lipinski definition) is 9. The molecule has 0 aliphatic heterocycles. The van der Waals surface area contributed by atoms with Crippen LogP contribution < -0.4 is 27.4 Å². The molecule has 1 aromatic rings. The predicted molar refractivity (Wildman–Crippen MR) is 115 cm³/mol. The van der Waals surface area contributed by atoms with Crippen LogP contribution in [-0.4, -0.2) is 92.4 Å². The summed E-state index contributed by atoms with van der Waals surface area (Å²) in [6.07, 6.45) is 2.49. The van der Waals surface area contributed by atoms with E-state index in [0.717, 1.165) is 0 Å². The molecule has 5 atom stereocenters. The SMILES string of the molecule is CC(O)C(NC(=O)C(CCCCN)NC(=O)C(N)CO)C(=O)NC(Cc1cnc[nH]1)C(=O)O. The van der Waals surface area contributed by atoms with Gasteiger partial charge in [-0.25, -0.2) is 9.78 Å². The number of hydrogen-bond acceptors (Lipinski definition) is 9. The number of aliphatic carboxylic acids is 1. The van der Waals surface area contributed by atoms with Crippen molar-refractivity contribution in [3.05, 3.63) is 18.2 Å². The normalized spacial score (nSPS) is 15.5. The van der Waals surface area contributed by atoms with Gasteiger partial charge in [0.2, 0.25) is 17.7 Å². The van der Waals surface area contributed by atoms with Crippen molar-refractivity contribution in [1.82, 2.24) is 25.9 Å². The first-order valence-electron chi connectivity index (χ1n) is 10.5. The Labute approximate surface area is 190 Å². The van der Waals surface area contributed by atoms with Crippen molar-refractivity contribution in [3.63, 3.8) is 0 Å². The summed E-state index contributed by atoms with van der Waals surface area (Å²) in [7, 11) is 0. The number of carbonyl (C=O) groups excluding carboxylic acids is 3.